The lowest BCUT2D eigenvalue weighted by Gasteiger charge is -2.21. The molecule has 72 valence electrons. The van der Waals surface area contributed by atoms with Gasteiger partial charge in [-0.25, -0.2) is 0 Å². The third-order valence-electron chi connectivity index (χ3n) is 2.22. The highest BCUT2D eigenvalue weighted by Crippen LogP contribution is 2.15. The molecule has 0 radical (unpaired) electrons. The van der Waals surface area contributed by atoms with E-state index in [2.05, 4.69) is 24.8 Å². The van der Waals surface area contributed by atoms with E-state index < -0.39 is 0 Å². The Kier molecular flexibility index (Phi) is 3.77. The summed E-state index contributed by atoms with van der Waals surface area (Å²) < 4.78 is 0. The number of anilines is 1. The lowest BCUT2D eigenvalue weighted by Crippen LogP contribution is -2.21. The number of aliphatic hydroxyl groups excluding tert-OH is 1. The average molecular weight is 179 g/mol. The number of benzene rings is 1. The molecule has 13 heavy (non-hydrogen) atoms. The van der Waals surface area contributed by atoms with Crippen LogP contribution in [0.5, 0.6) is 0 Å². The lowest BCUT2D eigenvalue weighted by atomic mass is 10.2. The topological polar surface area (TPSA) is 23.5 Å². The summed E-state index contributed by atoms with van der Waals surface area (Å²) >= 11 is 0. The maximum absolute atomic E-state index is 8.97. The third-order valence-corrected chi connectivity index (χ3v) is 2.22. The van der Waals surface area contributed by atoms with Gasteiger partial charge in [-0.1, -0.05) is 12.1 Å². The second-order valence-corrected chi connectivity index (χ2v) is 3.00. The molecule has 0 aliphatic heterocycles. The summed E-state index contributed by atoms with van der Waals surface area (Å²) in [5, 5.41) is 8.97. The van der Waals surface area contributed by atoms with Crippen LogP contribution in [0.25, 0.3) is 0 Å². The van der Waals surface area contributed by atoms with Gasteiger partial charge in [0.1, 0.15) is 0 Å². The second kappa shape index (κ2) is 4.87. The highest BCUT2D eigenvalue weighted by Gasteiger charge is 2.01. The lowest BCUT2D eigenvalue weighted by molar-refractivity contribution is 0.282. The van der Waals surface area contributed by atoms with Crippen LogP contribution in [-0.4, -0.2) is 18.2 Å². The molecule has 0 atom stereocenters. The minimum absolute atomic E-state index is 0.120. The molecule has 0 aliphatic carbocycles. The second-order valence-electron chi connectivity index (χ2n) is 3.00. The molecule has 2 nitrogen and oxygen atoms in total. The zero-order valence-corrected chi connectivity index (χ0v) is 8.33. The standard InChI is InChI=1S/C11H17NO/c1-3-12(4-2)11-7-5-6-10(8-11)9-13/h5-8,13H,3-4,9H2,1-2H3. The summed E-state index contributed by atoms with van der Waals surface area (Å²) in [6, 6.07) is 8.03. The maximum Gasteiger partial charge on any atom is 0.0682 e. The molecule has 0 bridgehead atoms. The van der Waals surface area contributed by atoms with E-state index in [1.165, 1.54) is 5.69 Å². The van der Waals surface area contributed by atoms with Gasteiger partial charge < -0.3 is 10.0 Å². The first-order valence-corrected chi connectivity index (χ1v) is 4.76. The Labute approximate surface area is 79.8 Å². The first-order valence-electron chi connectivity index (χ1n) is 4.76. The van der Waals surface area contributed by atoms with Crippen molar-refractivity contribution in [2.75, 3.05) is 18.0 Å². The van der Waals surface area contributed by atoms with E-state index in [0.717, 1.165) is 18.7 Å². The van der Waals surface area contributed by atoms with E-state index in [0.29, 0.717) is 0 Å². The molecular weight excluding hydrogens is 162 g/mol. The van der Waals surface area contributed by atoms with Crippen molar-refractivity contribution in [3.63, 3.8) is 0 Å². The molecule has 0 aromatic heterocycles. The van der Waals surface area contributed by atoms with Crippen LogP contribution in [0.2, 0.25) is 0 Å². The number of nitrogens with zero attached hydrogens (tertiary/aromatic N) is 1. The van der Waals surface area contributed by atoms with Crippen LogP contribution in [0.15, 0.2) is 24.3 Å². The number of aliphatic hydroxyl groups is 1. The van der Waals surface area contributed by atoms with E-state index in [9.17, 15) is 0 Å². The van der Waals surface area contributed by atoms with Crippen LogP contribution in [0.1, 0.15) is 19.4 Å². The SMILES string of the molecule is CCN(CC)c1cccc(CO)c1. The average Bonchev–Trinajstić information content (AvgIpc) is 2.20. The molecule has 0 amide bonds. The van der Waals surface area contributed by atoms with Crippen molar-refractivity contribution < 1.29 is 5.11 Å². The molecule has 0 saturated carbocycles. The summed E-state index contributed by atoms with van der Waals surface area (Å²) in [7, 11) is 0. The van der Waals surface area contributed by atoms with Crippen molar-refractivity contribution in [2.45, 2.75) is 20.5 Å². The van der Waals surface area contributed by atoms with E-state index >= 15 is 0 Å². The minimum Gasteiger partial charge on any atom is -0.392 e. The van der Waals surface area contributed by atoms with Crippen molar-refractivity contribution in [1.29, 1.82) is 0 Å². The number of hydrogen-bond donors (Lipinski definition) is 1. The van der Waals surface area contributed by atoms with Gasteiger partial charge >= 0.3 is 0 Å². The Bertz CT molecular complexity index is 256. The van der Waals surface area contributed by atoms with Crippen molar-refractivity contribution in [1.82, 2.24) is 0 Å². The summed E-state index contributed by atoms with van der Waals surface area (Å²) in [6.07, 6.45) is 0. The highest BCUT2D eigenvalue weighted by atomic mass is 16.3. The van der Waals surface area contributed by atoms with E-state index in [1.807, 2.05) is 18.2 Å². The van der Waals surface area contributed by atoms with Gasteiger partial charge in [0.15, 0.2) is 0 Å². The van der Waals surface area contributed by atoms with Crippen LogP contribution < -0.4 is 4.90 Å². The fourth-order valence-electron chi connectivity index (χ4n) is 1.44. The van der Waals surface area contributed by atoms with Crippen molar-refractivity contribution in [3.05, 3.63) is 29.8 Å². The highest BCUT2D eigenvalue weighted by molar-refractivity contribution is 5.48. The molecule has 1 aromatic rings. The summed E-state index contributed by atoms with van der Waals surface area (Å²) in [5.41, 5.74) is 2.17. The number of hydrogen-bond acceptors (Lipinski definition) is 2. The third kappa shape index (κ3) is 2.46. The van der Waals surface area contributed by atoms with Gasteiger partial charge in [0.05, 0.1) is 6.61 Å². The minimum atomic E-state index is 0.120. The van der Waals surface area contributed by atoms with Crippen LogP contribution in [0.3, 0.4) is 0 Å². The van der Waals surface area contributed by atoms with Gasteiger partial charge in [0.25, 0.3) is 0 Å². The maximum atomic E-state index is 8.97. The van der Waals surface area contributed by atoms with Gasteiger partial charge in [-0.05, 0) is 31.5 Å². The molecule has 2 heteroatoms. The molecule has 0 aliphatic rings. The van der Waals surface area contributed by atoms with Crippen molar-refractivity contribution in [2.24, 2.45) is 0 Å². The smallest absolute Gasteiger partial charge is 0.0682 e. The molecule has 0 unspecified atom stereocenters. The Morgan fingerprint density at radius 3 is 2.46 bits per heavy atom. The Balaban J connectivity index is 2.86. The predicted octanol–water partition coefficient (Wildman–Crippen LogP) is 2.03. The Hall–Kier alpha value is -1.02. The van der Waals surface area contributed by atoms with Gasteiger partial charge in [-0.2, -0.15) is 0 Å². The Morgan fingerprint density at radius 2 is 1.92 bits per heavy atom. The first-order chi connectivity index (χ1) is 6.31. The van der Waals surface area contributed by atoms with Gasteiger partial charge in [-0.15, -0.1) is 0 Å². The quantitative estimate of drug-likeness (QED) is 0.764. The normalized spacial score (nSPS) is 10.1. The zero-order chi connectivity index (χ0) is 9.68. The van der Waals surface area contributed by atoms with Crippen LogP contribution >= 0.6 is 0 Å². The monoisotopic (exact) mass is 179 g/mol. The van der Waals surface area contributed by atoms with Crippen molar-refractivity contribution in [3.8, 4) is 0 Å². The first kappa shape index (κ1) is 10.1. The number of rotatable bonds is 4. The molecule has 0 fully saturated rings. The van der Waals surface area contributed by atoms with Crippen molar-refractivity contribution >= 4 is 5.69 Å². The summed E-state index contributed by atoms with van der Waals surface area (Å²) in [5.74, 6) is 0. The van der Waals surface area contributed by atoms with Crippen LogP contribution in [0.4, 0.5) is 5.69 Å². The zero-order valence-electron chi connectivity index (χ0n) is 8.33. The van der Waals surface area contributed by atoms with Gasteiger partial charge in [0, 0.05) is 18.8 Å². The summed E-state index contributed by atoms with van der Waals surface area (Å²) in [4.78, 5) is 2.26. The molecule has 0 heterocycles. The molecule has 1 aromatic carbocycles. The molecule has 1 rings (SSSR count). The fraction of sp³-hybridized carbons (Fsp3) is 0.455. The molecule has 1 N–H and O–H groups in total. The Morgan fingerprint density at radius 1 is 1.23 bits per heavy atom. The van der Waals surface area contributed by atoms with E-state index in [1.54, 1.807) is 0 Å². The van der Waals surface area contributed by atoms with Crippen LogP contribution in [-0.2, 0) is 6.61 Å². The van der Waals surface area contributed by atoms with E-state index in [4.69, 9.17) is 5.11 Å². The predicted molar refractivity (Wildman–Crippen MR) is 55.9 cm³/mol. The molecular formula is C11H17NO. The van der Waals surface area contributed by atoms with Crippen LogP contribution in [0, 0.1) is 0 Å². The molecule has 0 saturated heterocycles. The summed E-state index contributed by atoms with van der Waals surface area (Å²) in [6.45, 7) is 6.40. The fourth-order valence-corrected chi connectivity index (χ4v) is 1.44. The molecule has 0 spiro atoms. The van der Waals surface area contributed by atoms with Gasteiger partial charge in [-0.3, -0.25) is 0 Å². The van der Waals surface area contributed by atoms with E-state index in [-0.39, 0.29) is 6.61 Å². The largest absolute Gasteiger partial charge is 0.392 e. The van der Waals surface area contributed by atoms with Gasteiger partial charge in [0.2, 0.25) is 0 Å².